The van der Waals surface area contributed by atoms with Crippen molar-refractivity contribution in [3.63, 3.8) is 0 Å². The van der Waals surface area contributed by atoms with Crippen LogP contribution in [0.25, 0.3) is 28.0 Å². The molecule has 0 bridgehead atoms. The molecule has 112 valence electrons. The lowest BCUT2D eigenvalue weighted by Gasteiger charge is -2.07. The molecule has 3 aromatic carbocycles. The van der Waals surface area contributed by atoms with E-state index >= 15 is 0 Å². The number of allylic oxidation sites excluding steroid dienone is 1. The first-order valence-corrected chi connectivity index (χ1v) is 7.71. The Bertz CT molecular complexity index is 827. The molecule has 0 atom stereocenters. The summed E-state index contributed by atoms with van der Waals surface area (Å²) in [5, 5.41) is 0. The number of hydrogen-bond donors (Lipinski definition) is 0. The summed E-state index contributed by atoms with van der Waals surface area (Å²) in [5.74, 6) is 0. The van der Waals surface area contributed by atoms with Gasteiger partial charge in [0.05, 0.1) is 5.70 Å². The summed E-state index contributed by atoms with van der Waals surface area (Å²) in [6.07, 6.45) is 1.98. The fourth-order valence-electron chi connectivity index (χ4n) is 2.69. The number of aliphatic imine (C=N–C) groups is 1. The number of hydrogen-bond acceptors (Lipinski definition) is 1. The molecule has 0 N–H and O–H groups in total. The first kappa shape index (κ1) is 15.0. The molecule has 3 rings (SSSR count). The molecule has 1 nitrogen and oxygen atoms in total. The zero-order valence-corrected chi connectivity index (χ0v) is 13.2. The van der Waals surface area contributed by atoms with Crippen molar-refractivity contribution in [3.05, 3.63) is 90.5 Å². The maximum Gasteiger partial charge on any atom is 0.0652 e. The Kier molecular flexibility index (Phi) is 4.49. The number of rotatable bonds is 4. The summed E-state index contributed by atoms with van der Waals surface area (Å²) in [6, 6.07) is 27.5. The van der Waals surface area contributed by atoms with Crippen molar-refractivity contribution in [2.75, 3.05) is 0 Å². The molecule has 0 aliphatic rings. The van der Waals surface area contributed by atoms with Crippen molar-refractivity contribution in [2.24, 2.45) is 4.99 Å². The van der Waals surface area contributed by atoms with Gasteiger partial charge in [-0.2, -0.15) is 0 Å². The summed E-state index contributed by atoms with van der Waals surface area (Å²) >= 11 is 0. The average molecular weight is 297 g/mol. The second kappa shape index (κ2) is 6.89. The molecule has 0 aliphatic heterocycles. The van der Waals surface area contributed by atoms with Gasteiger partial charge in [-0.25, -0.2) is 0 Å². The van der Waals surface area contributed by atoms with Crippen LogP contribution in [0.1, 0.15) is 12.5 Å². The minimum absolute atomic E-state index is 0.910. The van der Waals surface area contributed by atoms with Crippen LogP contribution in [-0.2, 0) is 0 Å². The third-order valence-corrected chi connectivity index (χ3v) is 3.93. The molecular formula is C22H19N. The molecule has 0 fully saturated rings. The Balaban J connectivity index is 1.94. The minimum atomic E-state index is 0.910. The lowest BCUT2D eigenvalue weighted by atomic mass is 9.98. The summed E-state index contributed by atoms with van der Waals surface area (Å²) in [7, 11) is 0. The van der Waals surface area contributed by atoms with Crippen LogP contribution < -0.4 is 0 Å². The van der Waals surface area contributed by atoms with Crippen LogP contribution in [-0.4, -0.2) is 6.72 Å². The van der Waals surface area contributed by atoms with Gasteiger partial charge in [0, 0.05) is 5.56 Å². The molecule has 0 unspecified atom stereocenters. The van der Waals surface area contributed by atoms with Crippen molar-refractivity contribution >= 4 is 12.4 Å². The van der Waals surface area contributed by atoms with Gasteiger partial charge in [-0.15, -0.1) is 0 Å². The normalized spacial score (nSPS) is 11.3. The molecule has 0 amide bonds. The molecule has 0 aliphatic carbocycles. The zero-order valence-electron chi connectivity index (χ0n) is 13.2. The van der Waals surface area contributed by atoms with Gasteiger partial charge >= 0.3 is 0 Å². The van der Waals surface area contributed by atoms with Crippen LogP contribution in [0.5, 0.6) is 0 Å². The molecule has 3 aromatic rings. The van der Waals surface area contributed by atoms with Gasteiger partial charge in [0.1, 0.15) is 0 Å². The van der Waals surface area contributed by atoms with Gasteiger partial charge in [0.2, 0.25) is 0 Å². The van der Waals surface area contributed by atoms with Crippen LogP contribution in [0.4, 0.5) is 0 Å². The van der Waals surface area contributed by atoms with Crippen LogP contribution in [0.15, 0.2) is 89.9 Å². The van der Waals surface area contributed by atoms with E-state index in [1.165, 1.54) is 22.3 Å². The SMILES string of the molecule is C=N/C(=C\C)c1cccc(-c2ccc(-c3ccccc3)cc2)c1. The summed E-state index contributed by atoms with van der Waals surface area (Å²) < 4.78 is 0. The van der Waals surface area contributed by atoms with Crippen LogP contribution >= 0.6 is 0 Å². The highest BCUT2D eigenvalue weighted by Gasteiger charge is 2.03. The zero-order chi connectivity index (χ0) is 16.1. The Morgan fingerprint density at radius 2 is 1.30 bits per heavy atom. The monoisotopic (exact) mass is 297 g/mol. The number of benzene rings is 3. The summed E-state index contributed by atoms with van der Waals surface area (Å²) in [5.41, 5.74) is 6.85. The number of nitrogens with zero attached hydrogens (tertiary/aromatic N) is 1. The standard InChI is InChI=1S/C22H19N/c1-3-22(23-2)21-11-7-10-20(16-21)19-14-12-18(13-15-19)17-8-5-4-6-9-17/h3-16H,2H2,1H3/b22-3-. The van der Waals surface area contributed by atoms with E-state index in [2.05, 4.69) is 84.5 Å². The van der Waals surface area contributed by atoms with Crippen molar-refractivity contribution in [1.82, 2.24) is 0 Å². The van der Waals surface area contributed by atoms with E-state index in [0.717, 1.165) is 11.3 Å². The predicted octanol–water partition coefficient (Wildman–Crippen LogP) is 6.08. The van der Waals surface area contributed by atoms with Crippen molar-refractivity contribution in [2.45, 2.75) is 6.92 Å². The molecule has 0 saturated carbocycles. The third kappa shape index (κ3) is 3.29. The Labute approximate surface area is 137 Å². The lowest BCUT2D eigenvalue weighted by Crippen LogP contribution is -1.84. The van der Waals surface area contributed by atoms with Gasteiger partial charge < -0.3 is 0 Å². The third-order valence-electron chi connectivity index (χ3n) is 3.93. The molecule has 0 heterocycles. The molecular weight excluding hydrogens is 278 g/mol. The predicted molar refractivity (Wildman–Crippen MR) is 101 cm³/mol. The van der Waals surface area contributed by atoms with Crippen molar-refractivity contribution in [1.29, 1.82) is 0 Å². The lowest BCUT2D eigenvalue weighted by molar-refractivity contribution is 1.49. The van der Waals surface area contributed by atoms with E-state index in [9.17, 15) is 0 Å². The topological polar surface area (TPSA) is 12.4 Å². The average Bonchev–Trinajstić information content (AvgIpc) is 2.64. The van der Waals surface area contributed by atoms with E-state index in [4.69, 9.17) is 0 Å². The van der Waals surface area contributed by atoms with E-state index < -0.39 is 0 Å². The summed E-state index contributed by atoms with van der Waals surface area (Å²) in [4.78, 5) is 4.08. The molecule has 23 heavy (non-hydrogen) atoms. The second-order valence-electron chi connectivity index (χ2n) is 5.36. The molecule has 0 aromatic heterocycles. The summed E-state index contributed by atoms with van der Waals surface area (Å²) in [6.45, 7) is 5.62. The van der Waals surface area contributed by atoms with Crippen molar-refractivity contribution < 1.29 is 0 Å². The van der Waals surface area contributed by atoms with Crippen molar-refractivity contribution in [3.8, 4) is 22.3 Å². The smallest absolute Gasteiger partial charge is 0.0652 e. The minimum Gasteiger partial charge on any atom is -0.264 e. The van der Waals surface area contributed by atoms with Gasteiger partial charge in [-0.05, 0) is 42.0 Å². The Hall–Kier alpha value is -2.93. The Morgan fingerprint density at radius 1 is 0.739 bits per heavy atom. The van der Waals surface area contributed by atoms with E-state index in [1.54, 1.807) is 0 Å². The van der Waals surface area contributed by atoms with Gasteiger partial charge in [-0.1, -0.05) is 78.9 Å². The molecule has 0 saturated heterocycles. The Morgan fingerprint density at radius 3 is 1.91 bits per heavy atom. The van der Waals surface area contributed by atoms with Crippen LogP contribution in [0, 0.1) is 0 Å². The quantitative estimate of drug-likeness (QED) is 0.517. The van der Waals surface area contributed by atoms with E-state index in [0.29, 0.717) is 0 Å². The van der Waals surface area contributed by atoms with Gasteiger partial charge in [0.15, 0.2) is 0 Å². The van der Waals surface area contributed by atoms with Crippen LogP contribution in [0.3, 0.4) is 0 Å². The fourth-order valence-corrected chi connectivity index (χ4v) is 2.69. The molecule has 1 heteroatoms. The maximum absolute atomic E-state index is 4.08. The van der Waals surface area contributed by atoms with Crippen LogP contribution in [0.2, 0.25) is 0 Å². The van der Waals surface area contributed by atoms with Gasteiger partial charge in [-0.3, -0.25) is 4.99 Å². The van der Waals surface area contributed by atoms with Gasteiger partial charge in [0.25, 0.3) is 0 Å². The highest BCUT2D eigenvalue weighted by Crippen LogP contribution is 2.27. The van der Waals surface area contributed by atoms with E-state index in [-0.39, 0.29) is 0 Å². The molecule has 0 radical (unpaired) electrons. The highest BCUT2D eigenvalue weighted by atomic mass is 14.7. The largest absolute Gasteiger partial charge is 0.264 e. The first-order chi connectivity index (χ1) is 11.3. The maximum atomic E-state index is 4.08. The highest BCUT2D eigenvalue weighted by molar-refractivity contribution is 5.75. The second-order valence-corrected chi connectivity index (χ2v) is 5.36. The van der Waals surface area contributed by atoms with E-state index in [1.807, 2.05) is 19.1 Å². The fraction of sp³-hybridized carbons (Fsp3) is 0.0455. The molecule has 0 spiro atoms. The first-order valence-electron chi connectivity index (χ1n) is 7.71.